The van der Waals surface area contributed by atoms with Crippen molar-refractivity contribution >= 4 is 9.84 Å². The largest absolute Gasteiger partial charge is 0.309 e. The second-order valence-corrected chi connectivity index (χ2v) is 6.74. The van der Waals surface area contributed by atoms with E-state index < -0.39 is 9.84 Å². The van der Waals surface area contributed by atoms with Crippen molar-refractivity contribution in [2.24, 2.45) is 5.41 Å². The molecule has 0 aromatic carbocycles. The van der Waals surface area contributed by atoms with Gasteiger partial charge in [0.15, 0.2) is 9.84 Å². The normalized spacial score (nSPS) is 32.8. The quantitative estimate of drug-likeness (QED) is 0.766. The smallest absolute Gasteiger partial charge is 0.173 e. The standard InChI is InChI=1S/C10H17NO2S/c1-10(4-2-5-10)8-11-9-3-6-14(12,13)7-9/h3,6,9,11H,2,4-5,7-8H2,1H3. The van der Waals surface area contributed by atoms with Crippen LogP contribution in [0.15, 0.2) is 11.5 Å². The predicted octanol–water partition coefficient (Wildman–Crippen LogP) is 1.08. The molecule has 3 nitrogen and oxygen atoms in total. The summed E-state index contributed by atoms with van der Waals surface area (Å²) >= 11 is 0. The van der Waals surface area contributed by atoms with Gasteiger partial charge in [-0.1, -0.05) is 19.4 Å². The zero-order valence-corrected chi connectivity index (χ0v) is 9.31. The Morgan fingerprint density at radius 3 is 2.64 bits per heavy atom. The monoisotopic (exact) mass is 215 g/mol. The molecule has 0 aromatic heterocycles. The van der Waals surface area contributed by atoms with Gasteiger partial charge in [-0.3, -0.25) is 0 Å². The van der Waals surface area contributed by atoms with Crippen LogP contribution in [-0.2, 0) is 9.84 Å². The topological polar surface area (TPSA) is 46.2 Å². The molecule has 0 bridgehead atoms. The van der Waals surface area contributed by atoms with Gasteiger partial charge in [-0.15, -0.1) is 0 Å². The molecule has 1 fully saturated rings. The zero-order chi connectivity index (χ0) is 10.2. The van der Waals surface area contributed by atoms with E-state index in [1.165, 1.54) is 24.7 Å². The Balaban J connectivity index is 1.80. The Labute approximate surface area is 85.5 Å². The van der Waals surface area contributed by atoms with Crippen molar-refractivity contribution in [1.29, 1.82) is 0 Å². The first kappa shape index (κ1) is 10.2. The van der Waals surface area contributed by atoms with E-state index in [0.29, 0.717) is 5.41 Å². The second-order valence-electron chi connectivity index (χ2n) is 4.81. The van der Waals surface area contributed by atoms with E-state index in [4.69, 9.17) is 0 Å². The Kier molecular flexibility index (Phi) is 2.43. The maximum Gasteiger partial charge on any atom is 0.173 e. The summed E-state index contributed by atoms with van der Waals surface area (Å²) in [7, 11) is -2.89. The molecule has 14 heavy (non-hydrogen) atoms. The first-order chi connectivity index (χ1) is 6.49. The van der Waals surface area contributed by atoms with Crippen LogP contribution in [0.25, 0.3) is 0 Å². The number of rotatable bonds is 3. The van der Waals surface area contributed by atoms with Gasteiger partial charge in [-0.25, -0.2) is 8.42 Å². The molecule has 0 radical (unpaired) electrons. The third kappa shape index (κ3) is 2.17. The highest BCUT2D eigenvalue weighted by Gasteiger charge is 2.32. The van der Waals surface area contributed by atoms with Gasteiger partial charge in [0.2, 0.25) is 0 Å². The summed E-state index contributed by atoms with van der Waals surface area (Å²) in [6, 6.07) is 0.0393. The molecule has 1 aliphatic carbocycles. The second kappa shape index (κ2) is 3.35. The summed E-state index contributed by atoms with van der Waals surface area (Å²) in [6.45, 7) is 3.20. The summed E-state index contributed by atoms with van der Waals surface area (Å²) in [5.74, 6) is 0.239. The lowest BCUT2D eigenvalue weighted by Crippen LogP contribution is -2.42. The van der Waals surface area contributed by atoms with E-state index in [9.17, 15) is 8.42 Å². The Morgan fingerprint density at radius 1 is 1.50 bits per heavy atom. The minimum atomic E-state index is -2.89. The Bertz CT molecular complexity index is 341. The summed E-state index contributed by atoms with van der Waals surface area (Å²) < 4.78 is 22.2. The minimum Gasteiger partial charge on any atom is -0.309 e. The van der Waals surface area contributed by atoms with Gasteiger partial charge in [0, 0.05) is 18.0 Å². The highest BCUT2D eigenvalue weighted by Crippen LogP contribution is 2.39. The van der Waals surface area contributed by atoms with Gasteiger partial charge >= 0.3 is 0 Å². The lowest BCUT2D eigenvalue weighted by atomic mass is 9.70. The van der Waals surface area contributed by atoms with Crippen molar-refractivity contribution in [3.05, 3.63) is 11.5 Å². The van der Waals surface area contributed by atoms with Gasteiger partial charge in [0.1, 0.15) is 0 Å². The van der Waals surface area contributed by atoms with E-state index >= 15 is 0 Å². The van der Waals surface area contributed by atoms with Crippen LogP contribution in [0.3, 0.4) is 0 Å². The molecule has 0 aromatic rings. The summed E-state index contributed by atoms with van der Waals surface area (Å²) in [5.41, 5.74) is 0.417. The third-order valence-corrected chi connectivity index (χ3v) is 4.68. The summed E-state index contributed by atoms with van der Waals surface area (Å²) in [6.07, 6.45) is 5.61. The molecule has 0 amide bonds. The number of hydrogen-bond donors (Lipinski definition) is 1. The zero-order valence-electron chi connectivity index (χ0n) is 8.49. The van der Waals surface area contributed by atoms with Crippen molar-refractivity contribution < 1.29 is 8.42 Å². The molecule has 4 heteroatoms. The first-order valence-electron chi connectivity index (χ1n) is 5.14. The number of nitrogens with one attached hydrogen (secondary N) is 1. The van der Waals surface area contributed by atoms with Crippen LogP contribution in [0.5, 0.6) is 0 Å². The fraction of sp³-hybridized carbons (Fsp3) is 0.800. The SMILES string of the molecule is CC1(CNC2C=CS(=O)(=O)C2)CCC1. The van der Waals surface area contributed by atoms with Crippen LogP contribution < -0.4 is 5.32 Å². The van der Waals surface area contributed by atoms with Crippen LogP contribution in [0.1, 0.15) is 26.2 Å². The summed E-state index contributed by atoms with van der Waals surface area (Å²) in [4.78, 5) is 0. The molecule has 1 atom stereocenters. The van der Waals surface area contributed by atoms with Crippen molar-refractivity contribution in [2.75, 3.05) is 12.3 Å². The van der Waals surface area contributed by atoms with E-state index in [1.54, 1.807) is 6.08 Å². The van der Waals surface area contributed by atoms with Crippen LogP contribution in [0.2, 0.25) is 0 Å². The lowest BCUT2D eigenvalue weighted by Gasteiger charge is -2.39. The van der Waals surface area contributed by atoms with Crippen LogP contribution in [-0.4, -0.2) is 26.8 Å². The Hall–Kier alpha value is -0.350. The van der Waals surface area contributed by atoms with E-state index in [2.05, 4.69) is 12.2 Å². The molecule has 2 aliphatic rings. The molecular weight excluding hydrogens is 198 g/mol. The van der Waals surface area contributed by atoms with Crippen molar-refractivity contribution in [3.63, 3.8) is 0 Å². The minimum absolute atomic E-state index is 0.0393. The predicted molar refractivity (Wildman–Crippen MR) is 56.7 cm³/mol. The number of sulfone groups is 1. The fourth-order valence-electron chi connectivity index (χ4n) is 2.04. The van der Waals surface area contributed by atoms with Crippen LogP contribution in [0.4, 0.5) is 0 Å². The first-order valence-corrected chi connectivity index (χ1v) is 6.85. The molecule has 0 saturated heterocycles. The van der Waals surface area contributed by atoms with Crippen molar-refractivity contribution in [2.45, 2.75) is 32.2 Å². The fourth-order valence-corrected chi connectivity index (χ4v) is 3.31. The molecule has 1 heterocycles. The molecule has 1 unspecified atom stereocenters. The van der Waals surface area contributed by atoms with E-state index in [0.717, 1.165) is 6.54 Å². The van der Waals surface area contributed by atoms with Gasteiger partial charge in [0.25, 0.3) is 0 Å². The third-order valence-electron chi connectivity index (χ3n) is 3.28. The van der Waals surface area contributed by atoms with Crippen LogP contribution in [0, 0.1) is 5.41 Å². The highest BCUT2D eigenvalue weighted by molar-refractivity contribution is 7.94. The molecule has 0 spiro atoms. The number of hydrogen-bond acceptors (Lipinski definition) is 3. The molecule has 1 saturated carbocycles. The molecular formula is C10H17NO2S. The van der Waals surface area contributed by atoms with E-state index in [-0.39, 0.29) is 11.8 Å². The average molecular weight is 215 g/mol. The molecule has 80 valence electrons. The maximum absolute atomic E-state index is 11.1. The average Bonchev–Trinajstić information content (AvgIpc) is 2.39. The van der Waals surface area contributed by atoms with E-state index in [1.807, 2.05) is 0 Å². The maximum atomic E-state index is 11.1. The van der Waals surface area contributed by atoms with Crippen molar-refractivity contribution in [1.82, 2.24) is 5.32 Å². The van der Waals surface area contributed by atoms with Crippen LogP contribution >= 0.6 is 0 Å². The van der Waals surface area contributed by atoms with Crippen molar-refractivity contribution in [3.8, 4) is 0 Å². The Morgan fingerprint density at radius 2 is 2.21 bits per heavy atom. The lowest BCUT2D eigenvalue weighted by molar-refractivity contribution is 0.155. The van der Waals surface area contributed by atoms with Gasteiger partial charge in [-0.05, 0) is 18.3 Å². The molecule has 1 N–H and O–H groups in total. The van der Waals surface area contributed by atoms with Gasteiger partial charge < -0.3 is 5.32 Å². The van der Waals surface area contributed by atoms with Gasteiger partial charge in [-0.2, -0.15) is 0 Å². The summed E-state index contributed by atoms with van der Waals surface area (Å²) in [5, 5.41) is 4.64. The molecule has 1 aliphatic heterocycles. The molecule has 2 rings (SSSR count). The van der Waals surface area contributed by atoms with Gasteiger partial charge in [0.05, 0.1) is 5.75 Å². The highest BCUT2D eigenvalue weighted by atomic mass is 32.2.